The maximum Gasteiger partial charge on any atom is 0.231 e. The van der Waals surface area contributed by atoms with Gasteiger partial charge >= 0.3 is 0 Å². The maximum absolute atomic E-state index is 5.42. The summed E-state index contributed by atoms with van der Waals surface area (Å²) in [5, 5.41) is 8.57. The highest BCUT2D eigenvalue weighted by atomic mass is 16.7. The number of nitrogens with one attached hydrogen (secondary N) is 1. The molecule has 5 rings (SSSR count). The summed E-state index contributed by atoms with van der Waals surface area (Å²) in [6.07, 6.45) is 4.99. The van der Waals surface area contributed by atoms with Crippen molar-refractivity contribution in [1.82, 2.24) is 24.7 Å². The van der Waals surface area contributed by atoms with Gasteiger partial charge < -0.3 is 14.8 Å². The van der Waals surface area contributed by atoms with Crippen LogP contribution in [0, 0.1) is 0 Å². The number of hydrogen-bond acceptors (Lipinski definition) is 7. The van der Waals surface area contributed by atoms with Crippen LogP contribution in [-0.4, -0.2) is 31.5 Å². The number of hydrogen-bond donors (Lipinski definition) is 1. The van der Waals surface area contributed by atoms with Crippen LogP contribution in [0.4, 0.5) is 5.82 Å². The molecule has 0 saturated carbocycles. The molecule has 8 heteroatoms. The molecule has 0 unspecified atom stereocenters. The Hall–Kier alpha value is -3.68. The fourth-order valence-corrected chi connectivity index (χ4v) is 2.87. The number of ether oxygens (including phenoxy) is 2. The van der Waals surface area contributed by atoms with E-state index in [1.54, 1.807) is 17.1 Å². The Labute approximate surface area is 148 Å². The molecule has 8 nitrogen and oxygen atoms in total. The Morgan fingerprint density at radius 3 is 2.92 bits per heavy atom. The number of rotatable bonds is 4. The van der Waals surface area contributed by atoms with Crippen molar-refractivity contribution in [1.29, 1.82) is 0 Å². The van der Waals surface area contributed by atoms with Gasteiger partial charge in [-0.3, -0.25) is 0 Å². The number of aromatic nitrogens is 5. The van der Waals surface area contributed by atoms with Crippen molar-refractivity contribution in [2.75, 3.05) is 12.1 Å². The molecule has 0 saturated heterocycles. The summed E-state index contributed by atoms with van der Waals surface area (Å²) in [5.41, 5.74) is 1.77. The number of pyridine rings is 1. The highest BCUT2D eigenvalue weighted by Gasteiger charge is 2.14. The van der Waals surface area contributed by atoms with Crippen LogP contribution in [0.15, 0.2) is 55.1 Å². The molecule has 4 aromatic rings. The minimum absolute atomic E-state index is 0.269. The molecule has 0 amide bonds. The van der Waals surface area contributed by atoms with Gasteiger partial charge in [0.2, 0.25) is 6.79 Å². The predicted molar refractivity (Wildman–Crippen MR) is 94.3 cm³/mol. The number of fused-ring (bicyclic) bond motifs is 2. The van der Waals surface area contributed by atoms with Gasteiger partial charge in [0.05, 0.1) is 11.6 Å². The molecule has 0 aliphatic carbocycles. The maximum atomic E-state index is 5.42. The highest BCUT2D eigenvalue weighted by molar-refractivity contribution is 5.86. The summed E-state index contributed by atoms with van der Waals surface area (Å²) in [4.78, 5) is 13.0. The van der Waals surface area contributed by atoms with Gasteiger partial charge in [-0.05, 0) is 29.8 Å². The summed E-state index contributed by atoms with van der Waals surface area (Å²) < 4.78 is 12.5. The van der Waals surface area contributed by atoms with E-state index in [1.165, 1.54) is 6.33 Å². The second-order valence-electron chi connectivity index (χ2n) is 5.75. The Bertz CT molecular complexity index is 1080. The van der Waals surface area contributed by atoms with Gasteiger partial charge in [-0.15, -0.1) is 0 Å². The molecule has 1 aliphatic heterocycles. The number of anilines is 1. The van der Waals surface area contributed by atoms with Crippen LogP contribution in [0.1, 0.15) is 5.56 Å². The lowest BCUT2D eigenvalue weighted by molar-refractivity contribution is 0.174. The van der Waals surface area contributed by atoms with Gasteiger partial charge in [0, 0.05) is 12.7 Å². The highest BCUT2D eigenvalue weighted by Crippen LogP contribution is 2.32. The van der Waals surface area contributed by atoms with Crippen molar-refractivity contribution >= 4 is 16.9 Å². The van der Waals surface area contributed by atoms with Crippen LogP contribution >= 0.6 is 0 Å². The topological polar surface area (TPSA) is 87.0 Å². The molecule has 0 fully saturated rings. The van der Waals surface area contributed by atoms with Crippen molar-refractivity contribution < 1.29 is 9.47 Å². The molecule has 0 atom stereocenters. The average Bonchev–Trinajstić information content (AvgIpc) is 3.33. The van der Waals surface area contributed by atoms with Crippen molar-refractivity contribution in [2.45, 2.75) is 6.54 Å². The molecule has 0 radical (unpaired) electrons. The Kier molecular flexibility index (Phi) is 3.38. The van der Waals surface area contributed by atoms with E-state index in [-0.39, 0.29) is 6.79 Å². The van der Waals surface area contributed by atoms with Gasteiger partial charge in [0.15, 0.2) is 23.0 Å². The summed E-state index contributed by atoms with van der Waals surface area (Å²) in [6, 6.07) is 11.5. The zero-order chi connectivity index (χ0) is 17.3. The fourth-order valence-electron chi connectivity index (χ4n) is 2.87. The van der Waals surface area contributed by atoms with E-state index >= 15 is 0 Å². The third-order valence-electron chi connectivity index (χ3n) is 4.13. The molecule has 0 spiro atoms. The Balaban J connectivity index is 1.44. The minimum atomic E-state index is 0.269. The summed E-state index contributed by atoms with van der Waals surface area (Å²) in [7, 11) is 0. The lowest BCUT2D eigenvalue weighted by Gasteiger charge is -2.07. The summed E-state index contributed by atoms with van der Waals surface area (Å²) in [6.45, 7) is 0.864. The van der Waals surface area contributed by atoms with Crippen LogP contribution in [0.3, 0.4) is 0 Å². The monoisotopic (exact) mass is 346 g/mol. The van der Waals surface area contributed by atoms with E-state index in [1.807, 2.05) is 36.4 Å². The van der Waals surface area contributed by atoms with E-state index in [0.717, 1.165) is 28.3 Å². The number of benzene rings is 1. The van der Waals surface area contributed by atoms with E-state index in [4.69, 9.17) is 9.47 Å². The molecular formula is C18H14N6O2. The van der Waals surface area contributed by atoms with Crippen LogP contribution in [-0.2, 0) is 6.54 Å². The van der Waals surface area contributed by atoms with Crippen molar-refractivity contribution in [3.05, 3.63) is 60.7 Å². The Morgan fingerprint density at radius 2 is 2.00 bits per heavy atom. The zero-order valence-corrected chi connectivity index (χ0v) is 13.7. The third kappa shape index (κ3) is 2.48. The third-order valence-corrected chi connectivity index (χ3v) is 4.13. The zero-order valence-electron chi connectivity index (χ0n) is 13.7. The van der Waals surface area contributed by atoms with Gasteiger partial charge in [0.25, 0.3) is 0 Å². The molecule has 26 heavy (non-hydrogen) atoms. The molecule has 4 heterocycles. The molecular weight excluding hydrogens is 332 g/mol. The SMILES string of the molecule is c1ccc(-n2ncc3c(NCc4ccc5c(c4)OCO5)ncnc32)nc1. The smallest absolute Gasteiger partial charge is 0.231 e. The molecule has 1 aromatic carbocycles. The second kappa shape index (κ2) is 5.99. The minimum Gasteiger partial charge on any atom is -0.454 e. The average molecular weight is 346 g/mol. The first kappa shape index (κ1) is 14.6. The quantitative estimate of drug-likeness (QED) is 0.607. The van der Waals surface area contributed by atoms with E-state index in [2.05, 4.69) is 25.4 Å². The first-order chi connectivity index (χ1) is 12.9. The molecule has 1 N–H and O–H groups in total. The number of nitrogens with zero attached hydrogens (tertiary/aromatic N) is 5. The molecule has 1 aliphatic rings. The van der Waals surface area contributed by atoms with Gasteiger partial charge in [-0.25, -0.2) is 15.0 Å². The summed E-state index contributed by atoms with van der Waals surface area (Å²) in [5.74, 6) is 2.97. The molecule has 128 valence electrons. The lowest BCUT2D eigenvalue weighted by atomic mass is 10.2. The van der Waals surface area contributed by atoms with Gasteiger partial charge in [-0.2, -0.15) is 9.78 Å². The van der Waals surface area contributed by atoms with Crippen molar-refractivity contribution in [2.24, 2.45) is 0 Å². The van der Waals surface area contributed by atoms with Crippen LogP contribution in [0.2, 0.25) is 0 Å². The standard InChI is InChI=1S/C18H14N6O2/c1-2-6-19-16(3-1)24-18-13(9-23-24)17(21-10-22-18)20-8-12-4-5-14-15(7-12)26-11-25-14/h1-7,9-10H,8,11H2,(H,20,21,22). The van der Waals surface area contributed by atoms with Gasteiger partial charge in [0.1, 0.15) is 12.1 Å². The normalized spacial score (nSPS) is 12.5. The Morgan fingerprint density at radius 1 is 1.04 bits per heavy atom. The van der Waals surface area contributed by atoms with Crippen LogP contribution < -0.4 is 14.8 Å². The molecule has 3 aromatic heterocycles. The van der Waals surface area contributed by atoms with Crippen molar-refractivity contribution in [3.63, 3.8) is 0 Å². The second-order valence-corrected chi connectivity index (χ2v) is 5.75. The van der Waals surface area contributed by atoms with Crippen LogP contribution in [0.5, 0.6) is 11.5 Å². The van der Waals surface area contributed by atoms with Crippen molar-refractivity contribution in [3.8, 4) is 17.3 Å². The first-order valence-electron chi connectivity index (χ1n) is 8.11. The van der Waals surface area contributed by atoms with E-state index in [0.29, 0.717) is 18.0 Å². The fraction of sp³-hybridized carbons (Fsp3) is 0.111. The lowest BCUT2D eigenvalue weighted by Crippen LogP contribution is -2.03. The van der Waals surface area contributed by atoms with Gasteiger partial charge in [-0.1, -0.05) is 12.1 Å². The molecule has 0 bridgehead atoms. The summed E-state index contributed by atoms with van der Waals surface area (Å²) >= 11 is 0. The first-order valence-corrected chi connectivity index (χ1v) is 8.11. The largest absolute Gasteiger partial charge is 0.454 e. The van der Waals surface area contributed by atoms with E-state index in [9.17, 15) is 0 Å². The predicted octanol–water partition coefficient (Wildman–Crippen LogP) is 2.55. The van der Waals surface area contributed by atoms with E-state index < -0.39 is 0 Å². The van der Waals surface area contributed by atoms with Crippen LogP contribution in [0.25, 0.3) is 16.9 Å².